The molecule has 4 heterocycles. The second-order valence-corrected chi connectivity index (χ2v) is 7.20. The number of thiophene rings is 1. The van der Waals surface area contributed by atoms with Gasteiger partial charge in [0.15, 0.2) is 5.82 Å². The molecule has 1 fully saturated rings. The summed E-state index contributed by atoms with van der Waals surface area (Å²) < 4.78 is 1.85. The summed E-state index contributed by atoms with van der Waals surface area (Å²) >= 11 is 1.49. The lowest BCUT2D eigenvalue weighted by Gasteiger charge is -2.35. The summed E-state index contributed by atoms with van der Waals surface area (Å²) in [7, 11) is 1.92. The lowest BCUT2D eigenvalue weighted by atomic mass is 10.2. The first-order valence-corrected chi connectivity index (χ1v) is 9.18. The maximum atomic E-state index is 12.5. The lowest BCUT2D eigenvalue weighted by molar-refractivity contribution is 0.0751. The number of hydrogen-bond acceptors (Lipinski definition) is 6. The van der Waals surface area contributed by atoms with Crippen LogP contribution in [0.3, 0.4) is 0 Å². The van der Waals surface area contributed by atoms with Crippen molar-refractivity contribution in [2.75, 3.05) is 31.1 Å². The molecule has 1 aliphatic heterocycles. The van der Waals surface area contributed by atoms with E-state index in [1.807, 2.05) is 48.0 Å². The number of hydrogen-bond donors (Lipinski definition) is 0. The molecular weight excluding hydrogens is 336 g/mol. The van der Waals surface area contributed by atoms with Crippen LogP contribution >= 0.6 is 11.3 Å². The lowest BCUT2D eigenvalue weighted by Crippen LogP contribution is -2.49. The van der Waals surface area contributed by atoms with Crippen LogP contribution in [0, 0.1) is 13.8 Å². The van der Waals surface area contributed by atoms with Gasteiger partial charge in [-0.3, -0.25) is 9.48 Å². The molecule has 1 saturated heterocycles. The minimum Gasteiger partial charge on any atom is -0.351 e. The normalized spacial score (nSPS) is 15.2. The minimum atomic E-state index is 0.120. The summed E-state index contributed by atoms with van der Waals surface area (Å²) in [5.41, 5.74) is 2.78. The van der Waals surface area contributed by atoms with Crippen molar-refractivity contribution in [3.05, 3.63) is 33.9 Å². The van der Waals surface area contributed by atoms with Gasteiger partial charge in [0.2, 0.25) is 0 Å². The molecule has 25 heavy (non-hydrogen) atoms. The molecule has 0 bridgehead atoms. The SMILES string of the molecule is Cc1nc(N2CCN(C(=O)c3cccs3)CC2)c2c(n1)c(C)nn2C. The average Bonchev–Trinajstić information content (AvgIpc) is 3.23. The maximum Gasteiger partial charge on any atom is 0.264 e. The number of aromatic nitrogens is 4. The summed E-state index contributed by atoms with van der Waals surface area (Å²) in [6.07, 6.45) is 0. The molecule has 0 radical (unpaired) electrons. The van der Waals surface area contributed by atoms with Gasteiger partial charge in [-0.25, -0.2) is 9.97 Å². The van der Waals surface area contributed by atoms with Gasteiger partial charge in [0, 0.05) is 33.2 Å². The second kappa shape index (κ2) is 6.11. The van der Waals surface area contributed by atoms with Gasteiger partial charge >= 0.3 is 0 Å². The van der Waals surface area contributed by atoms with Gasteiger partial charge in [-0.1, -0.05) is 6.07 Å². The molecule has 0 aliphatic carbocycles. The second-order valence-electron chi connectivity index (χ2n) is 6.26. The van der Waals surface area contributed by atoms with E-state index < -0.39 is 0 Å². The topological polar surface area (TPSA) is 67.2 Å². The van der Waals surface area contributed by atoms with Crippen molar-refractivity contribution >= 4 is 34.1 Å². The van der Waals surface area contributed by atoms with E-state index in [9.17, 15) is 4.79 Å². The van der Waals surface area contributed by atoms with Crippen LogP contribution in [-0.4, -0.2) is 56.7 Å². The number of fused-ring (bicyclic) bond motifs is 1. The number of aryl methyl sites for hydroxylation is 3. The summed E-state index contributed by atoms with van der Waals surface area (Å²) in [6.45, 7) is 6.78. The number of amides is 1. The standard InChI is InChI=1S/C17H20N6OS/c1-11-14-15(21(3)20-11)16(19-12(2)18-14)22-6-8-23(9-7-22)17(24)13-5-4-10-25-13/h4-5,10H,6-9H2,1-3H3. The van der Waals surface area contributed by atoms with Gasteiger partial charge in [-0.15, -0.1) is 11.3 Å². The molecule has 0 N–H and O–H groups in total. The van der Waals surface area contributed by atoms with Gasteiger partial charge < -0.3 is 9.80 Å². The van der Waals surface area contributed by atoms with Crippen molar-refractivity contribution in [3.8, 4) is 0 Å². The van der Waals surface area contributed by atoms with Crippen LogP contribution in [0.1, 0.15) is 21.2 Å². The van der Waals surface area contributed by atoms with E-state index in [0.29, 0.717) is 13.1 Å². The maximum absolute atomic E-state index is 12.5. The Kier molecular flexibility index (Phi) is 3.91. The van der Waals surface area contributed by atoms with Crippen LogP contribution in [0.15, 0.2) is 17.5 Å². The summed E-state index contributed by atoms with van der Waals surface area (Å²) in [6, 6.07) is 3.80. The van der Waals surface area contributed by atoms with E-state index in [4.69, 9.17) is 0 Å². The highest BCUT2D eigenvalue weighted by molar-refractivity contribution is 7.12. The summed E-state index contributed by atoms with van der Waals surface area (Å²) in [5, 5.41) is 6.43. The Bertz CT molecular complexity index is 924. The van der Waals surface area contributed by atoms with Crippen LogP contribution in [0.25, 0.3) is 11.0 Å². The molecule has 8 heteroatoms. The monoisotopic (exact) mass is 356 g/mol. The smallest absolute Gasteiger partial charge is 0.264 e. The predicted octanol–water partition coefficient (Wildman–Crippen LogP) is 2.00. The Morgan fingerprint density at radius 1 is 1.16 bits per heavy atom. The van der Waals surface area contributed by atoms with E-state index >= 15 is 0 Å². The Labute approximate surface area is 149 Å². The number of nitrogens with zero attached hydrogens (tertiary/aromatic N) is 6. The van der Waals surface area contributed by atoms with Crippen molar-refractivity contribution in [1.82, 2.24) is 24.6 Å². The van der Waals surface area contributed by atoms with E-state index in [2.05, 4.69) is 20.0 Å². The first-order chi connectivity index (χ1) is 12.0. The van der Waals surface area contributed by atoms with Crippen LogP contribution in [0.5, 0.6) is 0 Å². The van der Waals surface area contributed by atoms with E-state index in [1.165, 1.54) is 11.3 Å². The number of carbonyl (C=O) groups excluding carboxylic acids is 1. The van der Waals surface area contributed by atoms with Gasteiger partial charge in [0.1, 0.15) is 16.9 Å². The van der Waals surface area contributed by atoms with E-state index in [1.54, 1.807) is 0 Å². The highest BCUT2D eigenvalue weighted by Crippen LogP contribution is 2.26. The molecule has 0 saturated carbocycles. The third-order valence-electron chi connectivity index (χ3n) is 4.54. The fraction of sp³-hybridized carbons (Fsp3) is 0.412. The highest BCUT2D eigenvalue weighted by atomic mass is 32.1. The zero-order chi connectivity index (χ0) is 17.6. The molecule has 4 rings (SSSR count). The van der Waals surface area contributed by atoms with Crippen molar-refractivity contribution in [3.63, 3.8) is 0 Å². The molecule has 130 valence electrons. The molecular formula is C17H20N6OS. The zero-order valence-electron chi connectivity index (χ0n) is 14.6. The molecule has 3 aromatic heterocycles. The Balaban J connectivity index is 1.59. The summed E-state index contributed by atoms with van der Waals surface area (Å²) in [5.74, 6) is 1.78. The van der Waals surface area contributed by atoms with E-state index in [-0.39, 0.29) is 5.91 Å². The van der Waals surface area contributed by atoms with Crippen LogP contribution in [0.2, 0.25) is 0 Å². The van der Waals surface area contributed by atoms with Crippen LogP contribution in [-0.2, 0) is 7.05 Å². The fourth-order valence-corrected chi connectivity index (χ4v) is 4.01. The third kappa shape index (κ3) is 2.76. The van der Waals surface area contributed by atoms with Crippen molar-refractivity contribution in [2.45, 2.75) is 13.8 Å². The quantitative estimate of drug-likeness (QED) is 0.703. The van der Waals surface area contributed by atoms with Crippen LogP contribution < -0.4 is 4.90 Å². The van der Waals surface area contributed by atoms with Gasteiger partial charge in [-0.05, 0) is 25.3 Å². The first kappa shape index (κ1) is 16.0. The zero-order valence-corrected chi connectivity index (χ0v) is 15.4. The van der Waals surface area contributed by atoms with Crippen molar-refractivity contribution in [2.24, 2.45) is 7.05 Å². The number of carbonyl (C=O) groups is 1. The van der Waals surface area contributed by atoms with Crippen LogP contribution in [0.4, 0.5) is 5.82 Å². The molecule has 1 amide bonds. The fourth-order valence-electron chi connectivity index (χ4n) is 3.32. The molecule has 7 nitrogen and oxygen atoms in total. The average molecular weight is 356 g/mol. The number of rotatable bonds is 2. The first-order valence-electron chi connectivity index (χ1n) is 8.30. The molecule has 0 atom stereocenters. The number of anilines is 1. The molecule has 1 aliphatic rings. The Morgan fingerprint density at radius 3 is 2.60 bits per heavy atom. The molecule has 0 unspecified atom stereocenters. The highest BCUT2D eigenvalue weighted by Gasteiger charge is 2.26. The van der Waals surface area contributed by atoms with Gasteiger partial charge in [0.25, 0.3) is 5.91 Å². The largest absolute Gasteiger partial charge is 0.351 e. The Hall–Kier alpha value is -2.48. The van der Waals surface area contributed by atoms with Gasteiger partial charge in [-0.2, -0.15) is 5.10 Å². The van der Waals surface area contributed by atoms with Crippen molar-refractivity contribution in [1.29, 1.82) is 0 Å². The Morgan fingerprint density at radius 2 is 1.92 bits per heavy atom. The molecule has 0 spiro atoms. The van der Waals surface area contributed by atoms with Gasteiger partial charge in [0.05, 0.1) is 10.6 Å². The minimum absolute atomic E-state index is 0.120. The van der Waals surface area contributed by atoms with Crippen molar-refractivity contribution < 1.29 is 4.79 Å². The number of piperazine rings is 1. The molecule has 0 aromatic carbocycles. The summed E-state index contributed by atoms with van der Waals surface area (Å²) in [4.78, 5) is 26.7. The third-order valence-corrected chi connectivity index (χ3v) is 5.40. The predicted molar refractivity (Wildman–Crippen MR) is 98.2 cm³/mol. The van der Waals surface area contributed by atoms with E-state index in [0.717, 1.165) is 46.3 Å². The molecule has 3 aromatic rings.